The van der Waals surface area contributed by atoms with Crippen LogP contribution in [0.4, 0.5) is 0 Å². The number of carbonyl (C=O) groups excluding carboxylic acids is 1. The Morgan fingerprint density at radius 1 is 1.58 bits per heavy atom. The molecule has 70 valence electrons. The summed E-state index contributed by atoms with van der Waals surface area (Å²) < 4.78 is 7.93. The van der Waals surface area contributed by atoms with Crippen LogP contribution in [0.3, 0.4) is 0 Å². The van der Waals surface area contributed by atoms with E-state index >= 15 is 0 Å². The number of hydrogen-bond acceptors (Lipinski definition) is 3. The van der Waals surface area contributed by atoms with Crippen LogP contribution in [0, 0.1) is 0 Å². The van der Waals surface area contributed by atoms with Crippen LogP contribution in [0.15, 0.2) is 0 Å². The first-order valence-electron chi connectivity index (χ1n) is 3.29. The first-order valence-corrected chi connectivity index (χ1v) is 4.42. The van der Waals surface area contributed by atoms with E-state index in [1.165, 1.54) is 0 Å². The first-order chi connectivity index (χ1) is 5.40. The van der Waals surface area contributed by atoms with Crippen molar-refractivity contribution < 1.29 is 14.3 Å². The summed E-state index contributed by atoms with van der Waals surface area (Å²) in [4.78, 5) is 10.9. The van der Waals surface area contributed by atoms with Gasteiger partial charge in [-0.3, -0.25) is 0 Å². The second-order valence-electron chi connectivity index (χ2n) is 2.48. The molecular formula is C6H7Cl3O3. The fraction of sp³-hybridized carbons (Fsp3) is 0.833. The molecule has 12 heavy (non-hydrogen) atoms. The standard InChI is InChI=1S/C6H7Cl3O3/c1-3-4(12-3)5(10)11-2-6(7,8)9/h3-4H,2H2,1H3/t3?,4-/m1/s1. The number of esters is 1. The lowest BCUT2D eigenvalue weighted by Crippen LogP contribution is -2.21. The molecule has 0 radical (unpaired) electrons. The van der Waals surface area contributed by atoms with Gasteiger partial charge in [0.15, 0.2) is 6.10 Å². The molecule has 0 amide bonds. The Hall–Kier alpha value is 0.300. The molecule has 0 spiro atoms. The van der Waals surface area contributed by atoms with E-state index in [4.69, 9.17) is 39.5 Å². The molecule has 0 saturated carbocycles. The molecule has 0 aromatic carbocycles. The molecule has 1 saturated heterocycles. The second-order valence-corrected chi connectivity index (χ2v) is 5.00. The van der Waals surface area contributed by atoms with E-state index in [0.717, 1.165) is 0 Å². The van der Waals surface area contributed by atoms with E-state index in [0.29, 0.717) is 0 Å². The Labute approximate surface area is 84.9 Å². The van der Waals surface area contributed by atoms with E-state index < -0.39 is 15.9 Å². The van der Waals surface area contributed by atoms with Crippen molar-refractivity contribution in [3.05, 3.63) is 0 Å². The highest BCUT2D eigenvalue weighted by atomic mass is 35.6. The molecule has 0 aromatic heterocycles. The first kappa shape index (κ1) is 10.4. The van der Waals surface area contributed by atoms with Crippen LogP contribution in [0.25, 0.3) is 0 Å². The van der Waals surface area contributed by atoms with Gasteiger partial charge >= 0.3 is 5.97 Å². The lowest BCUT2D eigenvalue weighted by molar-refractivity contribution is -0.144. The molecule has 1 fully saturated rings. The molecule has 3 nitrogen and oxygen atoms in total. The fourth-order valence-corrected chi connectivity index (χ4v) is 0.832. The summed E-state index contributed by atoms with van der Waals surface area (Å²) >= 11 is 16.1. The molecule has 1 aliphatic heterocycles. The number of ether oxygens (including phenoxy) is 2. The van der Waals surface area contributed by atoms with Crippen molar-refractivity contribution >= 4 is 40.8 Å². The minimum absolute atomic E-state index is 0.0760. The summed E-state index contributed by atoms with van der Waals surface area (Å²) in [5.41, 5.74) is 0. The van der Waals surface area contributed by atoms with Crippen LogP contribution in [-0.4, -0.2) is 28.6 Å². The van der Waals surface area contributed by atoms with E-state index in [1.807, 2.05) is 0 Å². The monoisotopic (exact) mass is 232 g/mol. The average molecular weight is 233 g/mol. The molecule has 1 heterocycles. The summed E-state index contributed by atoms with van der Waals surface area (Å²) in [5.74, 6) is -0.478. The van der Waals surface area contributed by atoms with Crippen molar-refractivity contribution in [2.75, 3.05) is 6.61 Å². The van der Waals surface area contributed by atoms with Gasteiger partial charge in [-0.2, -0.15) is 0 Å². The third-order valence-electron chi connectivity index (χ3n) is 1.32. The summed E-state index contributed by atoms with van der Waals surface area (Å²) in [6.07, 6.45) is -0.551. The minimum atomic E-state index is -1.55. The maximum atomic E-state index is 10.9. The topological polar surface area (TPSA) is 38.8 Å². The zero-order chi connectivity index (χ0) is 9.35. The van der Waals surface area contributed by atoms with Gasteiger partial charge in [0.2, 0.25) is 3.79 Å². The number of carbonyl (C=O) groups is 1. The van der Waals surface area contributed by atoms with Crippen LogP contribution >= 0.6 is 34.8 Å². The number of hydrogen-bond donors (Lipinski definition) is 0. The smallest absolute Gasteiger partial charge is 0.338 e. The van der Waals surface area contributed by atoms with Gasteiger partial charge in [-0.15, -0.1) is 0 Å². The van der Waals surface area contributed by atoms with E-state index in [2.05, 4.69) is 4.74 Å². The van der Waals surface area contributed by atoms with Crippen LogP contribution in [0.5, 0.6) is 0 Å². The lowest BCUT2D eigenvalue weighted by Gasteiger charge is -2.09. The van der Waals surface area contributed by atoms with Crippen molar-refractivity contribution in [1.29, 1.82) is 0 Å². The van der Waals surface area contributed by atoms with Gasteiger partial charge in [0.1, 0.15) is 6.61 Å². The SMILES string of the molecule is CC1O[C@H]1C(=O)OCC(Cl)(Cl)Cl. The van der Waals surface area contributed by atoms with Crippen LogP contribution < -0.4 is 0 Å². The van der Waals surface area contributed by atoms with Gasteiger partial charge in [0.25, 0.3) is 0 Å². The van der Waals surface area contributed by atoms with Gasteiger partial charge in [-0.25, -0.2) is 4.79 Å². The third-order valence-corrected chi connectivity index (χ3v) is 1.65. The van der Waals surface area contributed by atoms with Crippen molar-refractivity contribution in [2.24, 2.45) is 0 Å². The number of alkyl halides is 3. The Morgan fingerprint density at radius 3 is 2.42 bits per heavy atom. The second kappa shape index (κ2) is 3.58. The molecule has 6 heteroatoms. The molecule has 0 N–H and O–H groups in total. The van der Waals surface area contributed by atoms with Gasteiger partial charge in [0, 0.05) is 0 Å². The van der Waals surface area contributed by atoms with E-state index in [-0.39, 0.29) is 12.7 Å². The van der Waals surface area contributed by atoms with Gasteiger partial charge < -0.3 is 9.47 Å². The molecular weight excluding hydrogens is 226 g/mol. The largest absolute Gasteiger partial charge is 0.459 e. The van der Waals surface area contributed by atoms with Crippen molar-refractivity contribution in [3.8, 4) is 0 Å². The zero-order valence-electron chi connectivity index (χ0n) is 6.22. The fourth-order valence-electron chi connectivity index (χ4n) is 0.668. The van der Waals surface area contributed by atoms with E-state index in [1.54, 1.807) is 6.92 Å². The van der Waals surface area contributed by atoms with Crippen LogP contribution in [0.2, 0.25) is 0 Å². The summed E-state index contributed by atoms with van der Waals surface area (Å²) in [6.45, 7) is 1.52. The molecule has 1 rings (SSSR count). The Balaban J connectivity index is 2.20. The minimum Gasteiger partial charge on any atom is -0.459 e. The number of halogens is 3. The summed E-state index contributed by atoms with van der Waals surface area (Å²) in [5, 5.41) is 0. The van der Waals surface area contributed by atoms with Crippen molar-refractivity contribution in [1.82, 2.24) is 0 Å². The Bertz CT molecular complexity index is 189. The molecule has 1 aliphatic rings. The lowest BCUT2D eigenvalue weighted by atomic mass is 10.3. The zero-order valence-corrected chi connectivity index (χ0v) is 8.49. The predicted octanol–water partition coefficient (Wildman–Crippen LogP) is 1.69. The van der Waals surface area contributed by atoms with Gasteiger partial charge in [-0.1, -0.05) is 34.8 Å². The number of rotatable bonds is 2. The normalized spacial score (nSPS) is 28.3. The Kier molecular flexibility index (Phi) is 3.10. The van der Waals surface area contributed by atoms with Crippen LogP contribution in [0.1, 0.15) is 6.92 Å². The predicted molar refractivity (Wildman–Crippen MR) is 45.6 cm³/mol. The highest BCUT2D eigenvalue weighted by molar-refractivity contribution is 6.67. The molecule has 0 bridgehead atoms. The highest BCUT2D eigenvalue weighted by Crippen LogP contribution is 2.28. The molecule has 2 atom stereocenters. The molecule has 0 aliphatic carbocycles. The summed E-state index contributed by atoms with van der Waals surface area (Å²) in [7, 11) is 0. The van der Waals surface area contributed by atoms with Crippen LogP contribution in [-0.2, 0) is 14.3 Å². The Morgan fingerprint density at radius 2 is 2.08 bits per heavy atom. The van der Waals surface area contributed by atoms with Gasteiger partial charge in [-0.05, 0) is 6.92 Å². The quantitative estimate of drug-likeness (QED) is 0.414. The van der Waals surface area contributed by atoms with Crippen molar-refractivity contribution in [3.63, 3.8) is 0 Å². The van der Waals surface area contributed by atoms with Gasteiger partial charge in [0.05, 0.1) is 6.10 Å². The molecule has 1 unspecified atom stereocenters. The molecule has 0 aromatic rings. The maximum absolute atomic E-state index is 10.9. The average Bonchev–Trinajstić information content (AvgIpc) is 2.60. The maximum Gasteiger partial charge on any atom is 0.338 e. The highest BCUT2D eigenvalue weighted by Gasteiger charge is 2.43. The summed E-state index contributed by atoms with van der Waals surface area (Å²) in [6, 6.07) is 0. The van der Waals surface area contributed by atoms with Crippen molar-refractivity contribution in [2.45, 2.75) is 22.9 Å². The third kappa shape index (κ3) is 3.35. The number of epoxide rings is 1. The van der Waals surface area contributed by atoms with E-state index in [9.17, 15) is 4.79 Å².